The Labute approximate surface area is 140 Å². The highest BCUT2D eigenvalue weighted by Gasteiger charge is 2.30. The van der Waals surface area contributed by atoms with Gasteiger partial charge in [-0.1, -0.05) is 0 Å². The minimum absolute atomic E-state index is 1.05. The molecule has 0 fully saturated rings. The third kappa shape index (κ3) is 2.30. The van der Waals surface area contributed by atoms with Gasteiger partial charge in [0.25, 0.3) is 0 Å². The van der Waals surface area contributed by atoms with E-state index < -0.39 is 67.5 Å². The second-order valence-electron chi connectivity index (χ2n) is 4.53. The van der Waals surface area contributed by atoms with Crippen LogP contribution in [0.1, 0.15) is 0 Å². The monoisotopic (exact) mass is 362 g/mol. The lowest BCUT2D eigenvalue weighted by molar-refractivity contribution is 0.471. The SMILES string of the molecule is [C-]#[N+]C([N+]#[C-])=c1c(F)c(F)c2c(F)c(=C(C#N)C#N)c(F)c(F)c2c1F. The molecule has 0 aliphatic heterocycles. The van der Waals surface area contributed by atoms with Crippen LogP contribution in [-0.4, -0.2) is 0 Å². The van der Waals surface area contributed by atoms with Crippen LogP contribution in [0, 0.1) is 70.7 Å². The second kappa shape index (κ2) is 6.47. The number of rotatable bonds is 0. The van der Waals surface area contributed by atoms with Crippen LogP contribution >= 0.6 is 0 Å². The Bertz CT molecular complexity index is 1150. The highest BCUT2D eigenvalue weighted by molar-refractivity contribution is 5.88. The third-order valence-corrected chi connectivity index (χ3v) is 3.30. The molecule has 0 aliphatic carbocycles. The Morgan fingerprint density at radius 1 is 0.654 bits per heavy atom. The lowest BCUT2D eigenvalue weighted by atomic mass is 10.0. The Hall–Kier alpha value is -4.02. The molecule has 0 radical (unpaired) electrons. The number of nitrogens with zero attached hydrogens (tertiary/aromatic N) is 4. The molecule has 2 rings (SSSR count). The average Bonchev–Trinajstić information content (AvgIpc) is 2.63. The van der Waals surface area contributed by atoms with Crippen molar-refractivity contribution in [2.24, 2.45) is 0 Å². The zero-order valence-corrected chi connectivity index (χ0v) is 12.1. The minimum atomic E-state index is -2.22. The number of halogens is 6. The van der Waals surface area contributed by atoms with Crippen LogP contribution in [0.3, 0.4) is 0 Å². The largest absolute Gasteiger partial charge is 0.532 e. The summed E-state index contributed by atoms with van der Waals surface area (Å²) in [6.07, 6.45) is 0. The first kappa shape index (κ1) is 18.3. The average molecular weight is 362 g/mol. The maximum absolute atomic E-state index is 14.4. The van der Waals surface area contributed by atoms with Gasteiger partial charge in [-0.2, -0.15) is 20.2 Å². The third-order valence-electron chi connectivity index (χ3n) is 3.30. The van der Waals surface area contributed by atoms with Gasteiger partial charge in [-0.3, -0.25) is 0 Å². The number of fused-ring (bicyclic) bond motifs is 1. The Balaban J connectivity index is 3.48. The van der Waals surface area contributed by atoms with Crippen molar-refractivity contribution in [1.82, 2.24) is 0 Å². The molecule has 0 spiro atoms. The van der Waals surface area contributed by atoms with E-state index >= 15 is 0 Å². The summed E-state index contributed by atoms with van der Waals surface area (Å²) in [7, 11) is 0. The number of nitriles is 2. The van der Waals surface area contributed by atoms with Gasteiger partial charge in [0.1, 0.15) is 47.7 Å². The molecule has 26 heavy (non-hydrogen) atoms. The summed E-state index contributed by atoms with van der Waals surface area (Å²) in [5.74, 6) is -14.3. The molecule has 0 saturated heterocycles. The van der Waals surface area contributed by atoms with E-state index in [1.54, 1.807) is 0 Å². The number of benzene rings is 2. The minimum Gasteiger partial charge on any atom is -0.207 e. The van der Waals surface area contributed by atoms with E-state index in [-0.39, 0.29) is 0 Å². The predicted octanol–water partition coefficient (Wildman–Crippen LogP) is 2.78. The first-order valence-corrected chi connectivity index (χ1v) is 6.23. The first-order chi connectivity index (χ1) is 12.3. The molecule has 126 valence electrons. The summed E-state index contributed by atoms with van der Waals surface area (Å²) in [6.45, 7) is 13.3. The van der Waals surface area contributed by atoms with Crippen molar-refractivity contribution >= 4 is 22.2 Å². The lowest BCUT2D eigenvalue weighted by Crippen LogP contribution is -2.25. The zero-order chi connectivity index (χ0) is 19.8. The molecule has 0 N–H and O–H groups in total. The summed E-state index contributed by atoms with van der Waals surface area (Å²) in [4.78, 5) is 4.92. The Morgan fingerprint density at radius 3 is 1.42 bits per heavy atom. The van der Waals surface area contributed by atoms with E-state index in [1.165, 1.54) is 0 Å². The quantitative estimate of drug-likeness (QED) is 0.411. The highest BCUT2D eigenvalue weighted by atomic mass is 19.2. The van der Waals surface area contributed by atoms with Gasteiger partial charge in [0.05, 0.1) is 16.0 Å². The fourth-order valence-corrected chi connectivity index (χ4v) is 2.20. The van der Waals surface area contributed by atoms with Crippen LogP contribution < -0.4 is 10.4 Å². The lowest BCUT2D eigenvalue weighted by Gasteiger charge is -2.08. The fourth-order valence-electron chi connectivity index (χ4n) is 2.20. The van der Waals surface area contributed by atoms with Crippen molar-refractivity contribution in [3.63, 3.8) is 0 Å². The topological polar surface area (TPSA) is 56.3 Å². The Kier molecular flexibility index (Phi) is 4.56. The summed E-state index contributed by atoms with van der Waals surface area (Å²) in [6, 6.07) is 2.11. The van der Waals surface area contributed by atoms with E-state index in [4.69, 9.17) is 23.7 Å². The summed E-state index contributed by atoms with van der Waals surface area (Å²) < 4.78 is 85.5. The van der Waals surface area contributed by atoms with E-state index in [2.05, 4.69) is 9.69 Å². The molecule has 0 heterocycles. The maximum atomic E-state index is 14.4. The van der Waals surface area contributed by atoms with E-state index in [0.29, 0.717) is 0 Å². The smallest absolute Gasteiger partial charge is 0.207 e. The molecule has 0 bridgehead atoms. The summed E-state index contributed by atoms with van der Waals surface area (Å²) >= 11 is 0. The van der Waals surface area contributed by atoms with Crippen molar-refractivity contribution < 1.29 is 26.3 Å². The van der Waals surface area contributed by atoms with Crippen molar-refractivity contribution in [3.05, 3.63) is 68.2 Å². The van der Waals surface area contributed by atoms with Crippen molar-refractivity contribution in [2.45, 2.75) is 0 Å². The zero-order valence-electron chi connectivity index (χ0n) is 12.1. The molecular formula is C16F6N4. The molecule has 4 nitrogen and oxygen atoms in total. The standard InChI is InChI=1S/C16F6N4/c1-25-16(26-2)9-11(18)8-7(14(21)15(9)22)10(17)6(5(3-23)4-24)12(19)13(8)20. The highest BCUT2D eigenvalue weighted by Crippen LogP contribution is 2.27. The van der Waals surface area contributed by atoms with Crippen LogP contribution in [-0.2, 0) is 0 Å². The van der Waals surface area contributed by atoms with E-state index in [1.807, 2.05) is 0 Å². The number of hydrogen-bond donors (Lipinski definition) is 0. The normalized spacial score (nSPS) is 9.77. The molecule has 0 amide bonds. The van der Waals surface area contributed by atoms with Gasteiger partial charge < -0.3 is 0 Å². The molecule has 2 aromatic carbocycles. The fraction of sp³-hybridized carbons (Fsp3) is 0. The maximum Gasteiger partial charge on any atom is 0.532 e. The van der Waals surface area contributed by atoms with Gasteiger partial charge in [-0.25, -0.2) is 26.3 Å². The Morgan fingerprint density at radius 2 is 1.04 bits per heavy atom. The van der Waals surface area contributed by atoms with Gasteiger partial charge in [0.15, 0.2) is 23.3 Å². The first-order valence-electron chi connectivity index (χ1n) is 6.23. The van der Waals surface area contributed by atoms with Crippen molar-refractivity contribution in [3.8, 4) is 12.1 Å². The van der Waals surface area contributed by atoms with Crippen molar-refractivity contribution in [2.75, 3.05) is 0 Å². The van der Waals surface area contributed by atoms with Crippen LogP contribution in [0.4, 0.5) is 26.3 Å². The summed E-state index contributed by atoms with van der Waals surface area (Å²) in [5, 5.41) is 10.8. The van der Waals surface area contributed by atoms with Gasteiger partial charge in [-0.05, 0) is 0 Å². The molecule has 0 aromatic heterocycles. The van der Waals surface area contributed by atoms with Gasteiger partial charge >= 0.3 is 5.82 Å². The molecule has 2 aromatic rings. The molecule has 0 unspecified atom stereocenters. The van der Waals surface area contributed by atoms with Crippen LogP contribution in [0.5, 0.6) is 0 Å². The summed E-state index contributed by atoms with van der Waals surface area (Å²) in [5.41, 5.74) is -1.29. The number of hydrogen-bond acceptors (Lipinski definition) is 2. The predicted molar refractivity (Wildman–Crippen MR) is 74.2 cm³/mol. The van der Waals surface area contributed by atoms with Gasteiger partial charge in [-0.15, -0.1) is 0 Å². The molecule has 10 heteroatoms. The van der Waals surface area contributed by atoms with Crippen LogP contribution in [0.25, 0.3) is 31.9 Å². The van der Waals surface area contributed by atoms with Crippen LogP contribution in [0.2, 0.25) is 0 Å². The van der Waals surface area contributed by atoms with Gasteiger partial charge in [0, 0.05) is 0 Å². The molecular weight excluding hydrogens is 362 g/mol. The molecule has 0 aliphatic rings. The van der Waals surface area contributed by atoms with E-state index in [9.17, 15) is 26.3 Å². The molecule has 0 saturated carbocycles. The van der Waals surface area contributed by atoms with Crippen molar-refractivity contribution in [1.29, 1.82) is 10.5 Å². The van der Waals surface area contributed by atoms with Gasteiger partial charge in [0.2, 0.25) is 0 Å². The molecule has 0 atom stereocenters. The van der Waals surface area contributed by atoms with Crippen LogP contribution in [0.15, 0.2) is 0 Å². The second-order valence-corrected chi connectivity index (χ2v) is 4.53. The van der Waals surface area contributed by atoms with E-state index in [0.717, 1.165) is 12.1 Å².